The Morgan fingerprint density at radius 1 is 0.943 bits per heavy atom. The van der Waals surface area contributed by atoms with Crippen LogP contribution in [-0.4, -0.2) is 42.0 Å². The molecule has 2 saturated heterocycles. The standard InChI is InChI=1S/C27H33F3N4O/c28-18-12-21(25(30)22(29)13-18)23-1-2-24(33-32-23)34-15-17-11-19(31)14-20(17)26(34)16-3-5-27(6-4-16)7-9-35-10-8-27/h1-2,12-13,16-17,19-20,26H,3-11,14-15,31H2/t17-,19+,20+,26+/m1/s1. The van der Waals surface area contributed by atoms with Gasteiger partial charge in [0.05, 0.1) is 5.69 Å². The van der Waals surface area contributed by atoms with E-state index >= 15 is 0 Å². The Morgan fingerprint density at radius 2 is 1.71 bits per heavy atom. The van der Waals surface area contributed by atoms with Gasteiger partial charge in [0.1, 0.15) is 5.82 Å². The van der Waals surface area contributed by atoms with Gasteiger partial charge in [0.2, 0.25) is 0 Å². The fourth-order valence-corrected chi connectivity index (χ4v) is 7.55. The second-order valence-corrected chi connectivity index (χ2v) is 11.3. The van der Waals surface area contributed by atoms with Gasteiger partial charge in [0, 0.05) is 43.5 Å². The van der Waals surface area contributed by atoms with E-state index in [0.29, 0.717) is 35.3 Å². The molecule has 0 amide bonds. The van der Waals surface area contributed by atoms with E-state index in [4.69, 9.17) is 10.5 Å². The summed E-state index contributed by atoms with van der Waals surface area (Å²) in [4.78, 5) is 2.40. The Morgan fingerprint density at radius 3 is 2.43 bits per heavy atom. The highest BCUT2D eigenvalue weighted by Crippen LogP contribution is 2.52. The van der Waals surface area contributed by atoms with Gasteiger partial charge in [-0.3, -0.25) is 0 Å². The third-order valence-corrected chi connectivity index (χ3v) is 9.36. The number of ether oxygens (including phenoxy) is 1. The molecule has 2 aliphatic carbocycles. The first-order chi connectivity index (χ1) is 16.9. The zero-order chi connectivity index (χ0) is 24.2. The van der Waals surface area contributed by atoms with E-state index in [0.717, 1.165) is 44.5 Å². The molecule has 0 radical (unpaired) electrons. The van der Waals surface area contributed by atoms with Crippen molar-refractivity contribution in [2.24, 2.45) is 28.9 Å². The Balaban J connectivity index is 1.25. The summed E-state index contributed by atoms with van der Waals surface area (Å²) in [6.45, 7) is 2.67. The molecule has 2 saturated carbocycles. The van der Waals surface area contributed by atoms with Crippen molar-refractivity contribution in [3.8, 4) is 11.3 Å². The zero-order valence-corrected chi connectivity index (χ0v) is 19.9. The van der Waals surface area contributed by atoms with Crippen LogP contribution in [0.3, 0.4) is 0 Å². The number of nitrogens with two attached hydrogens (primary N) is 1. The van der Waals surface area contributed by atoms with Gasteiger partial charge in [-0.1, -0.05) is 0 Å². The Hall–Kier alpha value is -2.19. The van der Waals surface area contributed by atoms with Crippen molar-refractivity contribution in [2.75, 3.05) is 24.7 Å². The van der Waals surface area contributed by atoms with Gasteiger partial charge in [-0.15, -0.1) is 10.2 Å². The number of anilines is 1. The summed E-state index contributed by atoms with van der Waals surface area (Å²) < 4.78 is 47.3. The fraction of sp³-hybridized carbons (Fsp3) is 0.630. The molecular weight excluding hydrogens is 453 g/mol. The summed E-state index contributed by atoms with van der Waals surface area (Å²) in [5.74, 6) is -0.742. The molecule has 0 unspecified atom stereocenters. The molecule has 1 aromatic heterocycles. The maximum Gasteiger partial charge on any atom is 0.168 e. The minimum absolute atomic E-state index is 0.127. The van der Waals surface area contributed by atoms with Crippen LogP contribution in [0.4, 0.5) is 19.0 Å². The van der Waals surface area contributed by atoms with Crippen molar-refractivity contribution in [3.05, 3.63) is 41.7 Å². The van der Waals surface area contributed by atoms with Crippen LogP contribution in [0.15, 0.2) is 24.3 Å². The Bertz CT molecular complexity index is 1060. The number of benzene rings is 1. The highest BCUT2D eigenvalue weighted by Gasteiger charge is 2.51. The normalized spacial score (nSPS) is 30.7. The lowest BCUT2D eigenvalue weighted by Gasteiger charge is -2.46. The second kappa shape index (κ2) is 9.04. The lowest BCUT2D eigenvalue weighted by molar-refractivity contribution is -0.0160. The molecule has 2 aliphatic heterocycles. The smallest absolute Gasteiger partial charge is 0.168 e. The van der Waals surface area contributed by atoms with Gasteiger partial charge in [0.25, 0.3) is 0 Å². The predicted molar refractivity (Wildman–Crippen MR) is 127 cm³/mol. The number of hydrogen-bond acceptors (Lipinski definition) is 5. The number of halogens is 3. The summed E-state index contributed by atoms with van der Waals surface area (Å²) in [5, 5.41) is 8.62. The number of rotatable bonds is 3. The van der Waals surface area contributed by atoms with E-state index in [1.165, 1.54) is 38.5 Å². The number of fused-ring (bicyclic) bond motifs is 1. The topological polar surface area (TPSA) is 64.3 Å². The van der Waals surface area contributed by atoms with E-state index in [1.807, 2.05) is 6.07 Å². The summed E-state index contributed by atoms with van der Waals surface area (Å²) in [6, 6.07) is 5.57. The Labute approximate surface area is 204 Å². The van der Waals surface area contributed by atoms with E-state index in [-0.39, 0.29) is 17.3 Å². The van der Waals surface area contributed by atoms with E-state index in [9.17, 15) is 13.2 Å². The number of hydrogen-bond donors (Lipinski definition) is 1. The van der Waals surface area contributed by atoms with Gasteiger partial charge in [-0.05, 0) is 92.7 Å². The predicted octanol–water partition coefficient (Wildman–Crippen LogP) is 5.09. The van der Waals surface area contributed by atoms with Crippen LogP contribution in [0.1, 0.15) is 51.4 Å². The molecule has 35 heavy (non-hydrogen) atoms. The first kappa shape index (κ1) is 23.2. The first-order valence-electron chi connectivity index (χ1n) is 13.0. The van der Waals surface area contributed by atoms with Crippen molar-refractivity contribution in [1.29, 1.82) is 0 Å². The van der Waals surface area contributed by atoms with Gasteiger partial charge >= 0.3 is 0 Å². The first-order valence-corrected chi connectivity index (χ1v) is 13.0. The SMILES string of the molecule is N[C@H]1C[C@@H]2CN(c3ccc(-c4cc(F)cc(F)c4F)nn3)[C@@H](C3CCC4(CCOCC4)CC3)[C@H]2C1. The number of aromatic nitrogens is 2. The Kier molecular flexibility index (Phi) is 6.00. The lowest BCUT2D eigenvalue weighted by atomic mass is 9.64. The monoisotopic (exact) mass is 486 g/mol. The molecule has 4 aliphatic rings. The van der Waals surface area contributed by atoms with Crippen molar-refractivity contribution in [2.45, 2.75) is 63.5 Å². The van der Waals surface area contributed by atoms with Crippen LogP contribution in [0.2, 0.25) is 0 Å². The average molecular weight is 487 g/mol. The average Bonchev–Trinajstić information content (AvgIpc) is 3.39. The van der Waals surface area contributed by atoms with Crippen molar-refractivity contribution < 1.29 is 17.9 Å². The van der Waals surface area contributed by atoms with Crippen molar-refractivity contribution in [1.82, 2.24) is 10.2 Å². The van der Waals surface area contributed by atoms with Crippen LogP contribution < -0.4 is 10.6 Å². The molecule has 2 N–H and O–H groups in total. The van der Waals surface area contributed by atoms with Gasteiger partial charge in [-0.25, -0.2) is 13.2 Å². The molecule has 1 spiro atoms. The lowest BCUT2D eigenvalue weighted by Crippen LogP contribution is -2.44. The molecule has 8 heteroatoms. The van der Waals surface area contributed by atoms with Gasteiger partial charge in [-0.2, -0.15) is 0 Å². The maximum absolute atomic E-state index is 14.3. The van der Waals surface area contributed by atoms with E-state index in [2.05, 4.69) is 15.1 Å². The number of nitrogens with zero attached hydrogens (tertiary/aromatic N) is 3. The molecule has 6 rings (SSSR count). The second-order valence-electron chi connectivity index (χ2n) is 11.3. The molecular formula is C27H33F3N4O. The summed E-state index contributed by atoms with van der Waals surface area (Å²) >= 11 is 0. The van der Waals surface area contributed by atoms with Crippen molar-refractivity contribution >= 4 is 5.82 Å². The highest BCUT2D eigenvalue weighted by atomic mass is 19.2. The molecule has 3 heterocycles. The van der Waals surface area contributed by atoms with E-state index < -0.39 is 17.5 Å². The molecule has 1 aromatic carbocycles. The molecule has 4 atom stereocenters. The third-order valence-electron chi connectivity index (χ3n) is 9.36. The van der Waals surface area contributed by atoms with Crippen LogP contribution >= 0.6 is 0 Å². The summed E-state index contributed by atoms with van der Waals surface area (Å²) in [7, 11) is 0. The molecule has 0 bridgehead atoms. The maximum atomic E-state index is 14.3. The summed E-state index contributed by atoms with van der Waals surface area (Å²) in [6.07, 6.45) is 9.35. The summed E-state index contributed by atoms with van der Waals surface area (Å²) in [5.41, 5.74) is 6.75. The minimum Gasteiger partial charge on any atom is -0.381 e. The third kappa shape index (κ3) is 4.22. The zero-order valence-electron chi connectivity index (χ0n) is 19.9. The van der Waals surface area contributed by atoms with Crippen molar-refractivity contribution in [3.63, 3.8) is 0 Å². The minimum atomic E-state index is -1.23. The highest BCUT2D eigenvalue weighted by molar-refractivity contribution is 5.61. The molecule has 2 aromatic rings. The van der Waals surface area contributed by atoms with Crippen LogP contribution in [-0.2, 0) is 4.74 Å². The quantitative estimate of drug-likeness (QED) is 0.613. The van der Waals surface area contributed by atoms with Crippen LogP contribution in [0.5, 0.6) is 0 Å². The van der Waals surface area contributed by atoms with E-state index in [1.54, 1.807) is 6.07 Å². The molecule has 4 fully saturated rings. The van der Waals surface area contributed by atoms with Crippen LogP contribution in [0, 0.1) is 40.6 Å². The molecule has 188 valence electrons. The van der Waals surface area contributed by atoms with Gasteiger partial charge < -0.3 is 15.4 Å². The molecule has 5 nitrogen and oxygen atoms in total. The van der Waals surface area contributed by atoms with Gasteiger partial charge in [0.15, 0.2) is 17.5 Å². The van der Waals surface area contributed by atoms with Crippen LogP contribution in [0.25, 0.3) is 11.3 Å². The largest absolute Gasteiger partial charge is 0.381 e. The fourth-order valence-electron chi connectivity index (χ4n) is 7.55.